The Hall–Kier alpha value is -2.16. The molecule has 0 bridgehead atoms. The lowest BCUT2D eigenvalue weighted by Gasteiger charge is -2.23. The predicted molar refractivity (Wildman–Crippen MR) is 84.7 cm³/mol. The van der Waals surface area contributed by atoms with Crippen LogP contribution in [0.3, 0.4) is 0 Å². The van der Waals surface area contributed by atoms with E-state index in [0.29, 0.717) is 24.6 Å². The number of hydrogen-bond acceptors (Lipinski definition) is 1. The molecule has 0 radical (unpaired) electrons. The normalized spacial score (nSPS) is 13.9. The van der Waals surface area contributed by atoms with Crippen molar-refractivity contribution in [3.05, 3.63) is 71.5 Å². The van der Waals surface area contributed by atoms with Gasteiger partial charge >= 0.3 is 0 Å². The van der Waals surface area contributed by atoms with Crippen LogP contribution in [0.25, 0.3) is 0 Å². The van der Waals surface area contributed by atoms with E-state index in [1.54, 1.807) is 12.1 Å². The lowest BCUT2D eigenvalue weighted by Crippen LogP contribution is -2.33. The van der Waals surface area contributed by atoms with Crippen molar-refractivity contribution in [2.75, 3.05) is 0 Å². The van der Waals surface area contributed by atoms with Gasteiger partial charge in [-0.05, 0) is 30.9 Å². The quantitative estimate of drug-likeness (QED) is 0.790. The van der Waals surface area contributed by atoms with Gasteiger partial charge < -0.3 is 4.90 Å². The van der Waals surface area contributed by atoms with Crippen molar-refractivity contribution < 1.29 is 9.18 Å². The van der Waals surface area contributed by atoms with E-state index in [9.17, 15) is 9.18 Å². The number of carbonyl (C=O) groups excluding carboxylic acids is 1. The summed E-state index contributed by atoms with van der Waals surface area (Å²) in [5.41, 5.74) is 1.76. The van der Waals surface area contributed by atoms with Gasteiger partial charge in [-0.25, -0.2) is 4.39 Å². The second-order valence-corrected chi connectivity index (χ2v) is 5.83. The lowest BCUT2D eigenvalue weighted by molar-refractivity contribution is -0.132. The molecular weight excluding hydrogens is 277 g/mol. The third kappa shape index (κ3) is 3.73. The van der Waals surface area contributed by atoms with Crippen molar-refractivity contribution in [3.8, 4) is 0 Å². The molecule has 2 aromatic rings. The van der Waals surface area contributed by atoms with E-state index in [0.717, 1.165) is 24.8 Å². The fourth-order valence-corrected chi connectivity index (χ4v) is 2.66. The van der Waals surface area contributed by atoms with Gasteiger partial charge in [-0.3, -0.25) is 4.79 Å². The van der Waals surface area contributed by atoms with Gasteiger partial charge in [0.05, 0.1) is 0 Å². The smallest absolute Gasteiger partial charge is 0.223 e. The molecule has 0 heterocycles. The largest absolute Gasteiger partial charge is 0.335 e. The summed E-state index contributed by atoms with van der Waals surface area (Å²) >= 11 is 0. The summed E-state index contributed by atoms with van der Waals surface area (Å²) < 4.78 is 13.8. The molecule has 0 N–H and O–H groups in total. The molecule has 2 nitrogen and oxygen atoms in total. The van der Waals surface area contributed by atoms with E-state index < -0.39 is 0 Å². The highest BCUT2D eigenvalue weighted by molar-refractivity contribution is 5.77. The number of rotatable bonds is 6. The first kappa shape index (κ1) is 14.8. The average Bonchev–Trinajstić information content (AvgIpc) is 3.37. The standard InChI is InChI=1S/C19H20FNO/c20-18-9-5-4-8-16(18)14-21(17-11-12-17)19(22)13-10-15-6-2-1-3-7-15/h1-9,17H,10-14H2. The van der Waals surface area contributed by atoms with Crippen molar-refractivity contribution in [2.24, 2.45) is 0 Å². The monoisotopic (exact) mass is 297 g/mol. The number of aryl methyl sites for hydroxylation is 1. The number of hydrogen-bond donors (Lipinski definition) is 0. The topological polar surface area (TPSA) is 20.3 Å². The SMILES string of the molecule is O=C(CCc1ccccc1)N(Cc1ccccc1F)C1CC1. The van der Waals surface area contributed by atoms with Crippen molar-refractivity contribution in [1.82, 2.24) is 4.90 Å². The zero-order valence-electron chi connectivity index (χ0n) is 12.5. The molecule has 1 saturated carbocycles. The van der Waals surface area contributed by atoms with Crippen molar-refractivity contribution >= 4 is 5.91 Å². The number of benzene rings is 2. The molecule has 0 atom stereocenters. The van der Waals surface area contributed by atoms with E-state index in [2.05, 4.69) is 0 Å². The fourth-order valence-electron chi connectivity index (χ4n) is 2.66. The zero-order chi connectivity index (χ0) is 15.4. The minimum atomic E-state index is -0.232. The maximum Gasteiger partial charge on any atom is 0.223 e. The van der Waals surface area contributed by atoms with E-state index in [1.807, 2.05) is 41.3 Å². The van der Waals surface area contributed by atoms with Gasteiger partial charge in [0, 0.05) is 24.6 Å². The number of halogens is 1. The summed E-state index contributed by atoms with van der Waals surface area (Å²) in [6, 6.07) is 17.0. The van der Waals surface area contributed by atoms with Crippen LogP contribution in [0.1, 0.15) is 30.4 Å². The van der Waals surface area contributed by atoms with Crippen molar-refractivity contribution in [1.29, 1.82) is 0 Å². The predicted octanol–water partition coefficient (Wildman–Crippen LogP) is 3.95. The Morgan fingerprint density at radius 1 is 1.05 bits per heavy atom. The summed E-state index contributed by atoms with van der Waals surface area (Å²) in [5, 5.41) is 0. The molecule has 0 spiro atoms. The molecule has 2 aromatic carbocycles. The summed E-state index contributed by atoms with van der Waals surface area (Å²) in [7, 11) is 0. The maximum atomic E-state index is 13.8. The van der Waals surface area contributed by atoms with Crippen LogP contribution in [0.5, 0.6) is 0 Å². The van der Waals surface area contributed by atoms with Gasteiger partial charge in [0.25, 0.3) is 0 Å². The molecule has 0 aromatic heterocycles. The summed E-state index contributed by atoms with van der Waals surface area (Å²) in [6.07, 6.45) is 3.28. The first-order valence-electron chi connectivity index (χ1n) is 7.81. The summed E-state index contributed by atoms with van der Waals surface area (Å²) in [6.45, 7) is 0.380. The van der Waals surface area contributed by atoms with Crippen molar-refractivity contribution in [3.63, 3.8) is 0 Å². The van der Waals surface area contributed by atoms with Gasteiger partial charge in [-0.2, -0.15) is 0 Å². The molecule has 1 aliphatic carbocycles. The van der Waals surface area contributed by atoms with Gasteiger partial charge in [0.15, 0.2) is 0 Å². The molecule has 1 fully saturated rings. The van der Waals surface area contributed by atoms with Crippen LogP contribution in [-0.4, -0.2) is 16.8 Å². The van der Waals surface area contributed by atoms with Crippen LogP contribution in [0.15, 0.2) is 54.6 Å². The van der Waals surface area contributed by atoms with Crippen LogP contribution in [0.2, 0.25) is 0 Å². The number of nitrogens with zero attached hydrogens (tertiary/aromatic N) is 1. The van der Waals surface area contributed by atoms with Crippen LogP contribution in [0, 0.1) is 5.82 Å². The zero-order valence-corrected chi connectivity index (χ0v) is 12.5. The van der Waals surface area contributed by atoms with Crippen LogP contribution >= 0.6 is 0 Å². The molecule has 0 aliphatic heterocycles. The van der Waals surface area contributed by atoms with Crippen molar-refractivity contribution in [2.45, 2.75) is 38.3 Å². The van der Waals surface area contributed by atoms with E-state index in [-0.39, 0.29) is 11.7 Å². The van der Waals surface area contributed by atoms with Gasteiger partial charge in [0.1, 0.15) is 5.82 Å². The lowest BCUT2D eigenvalue weighted by atomic mass is 10.1. The molecule has 3 heteroatoms. The third-order valence-electron chi connectivity index (χ3n) is 4.08. The molecule has 114 valence electrons. The second kappa shape index (κ2) is 6.73. The molecular formula is C19H20FNO. The first-order chi connectivity index (χ1) is 10.7. The Balaban J connectivity index is 1.64. The Kier molecular flexibility index (Phi) is 4.52. The summed E-state index contributed by atoms with van der Waals surface area (Å²) in [4.78, 5) is 14.4. The third-order valence-corrected chi connectivity index (χ3v) is 4.08. The van der Waals surface area contributed by atoms with Crippen LogP contribution in [-0.2, 0) is 17.8 Å². The molecule has 1 amide bonds. The summed E-state index contributed by atoms with van der Waals surface area (Å²) in [5.74, 6) is -0.112. The van der Waals surface area contributed by atoms with Gasteiger partial charge in [-0.15, -0.1) is 0 Å². The minimum absolute atomic E-state index is 0.120. The van der Waals surface area contributed by atoms with Crippen LogP contribution in [0.4, 0.5) is 4.39 Å². The molecule has 3 rings (SSSR count). The second-order valence-electron chi connectivity index (χ2n) is 5.83. The Bertz CT molecular complexity index is 637. The number of amides is 1. The van der Waals surface area contributed by atoms with Crippen LogP contribution < -0.4 is 0 Å². The van der Waals surface area contributed by atoms with E-state index in [1.165, 1.54) is 6.07 Å². The molecule has 0 saturated heterocycles. The number of carbonyl (C=O) groups is 1. The first-order valence-corrected chi connectivity index (χ1v) is 7.81. The maximum absolute atomic E-state index is 13.8. The molecule has 0 unspecified atom stereocenters. The van der Waals surface area contributed by atoms with E-state index >= 15 is 0 Å². The minimum Gasteiger partial charge on any atom is -0.335 e. The average molecular weight is 297 g/mol. The van der Waals surface area contributed by atoms with Gasteiger partial charge in [0.2, 0.25) is 5.91 Å². The van der Waals surface area contributed by atoms with E-state index in [4.69, 9.17) is 0 Å². The molecule has 22 heavy (non-hydrogen) atoms. The fraction of sp³-hybridized carbons (Fsp3) is 0.316. The highest BCUT2D eigenvalue weighted by Crippen LogP contribution is 2.29. The highest BCUT2D eigenvalue weighted by Gasteiger charge is 2.32. The molecule has 1 aliphatic rings. The van der Waals surface area contributed by atoms with Gasteiger partial charge in [-0.1, -0.05) is 48.5 Å². The Morgan fingerprint density at radius 2 is 1.73 bits per heavy atom. The Labute approximate surface area is 130 Å². The Morgan fingerprint density at radius 3 is 2.41 bits per heavy atom. The highest BCUT2D eigenvalue weighted by atomic mass is 19.1.